The number of aliphatic hydroxyl groups is 1. The van der Waals surface area contributed by atoms with Gasteiger partial charge in [0, 0.05) is 13.1 Å². The van der Waals surface area contributed by atoms with Gasteiger partial charge in [0.1, 0.15) is 0 Å². The number of aliphatic hydroxyl groups excluding tert-OH is 1. The van der Waals surface area contributed by atoms with E-state index in [0.717, 1.165) is 39.3 Å². The lowest BCUT2D eigenvalue weighted by atomic mass is 10.1. The Balaban J connectivity index is 4.38. The minimum Gasteiger partial charge on any atom is -0.390 e. The van der Waals surface area contributed by atoms with Crippen molar-refractivity contribution >= 4 is 0 Å². The van der Waals surface area contributed by atoms with Crippen LogP contribution in [-0.2, 0) is 0 Å². The molecule has 0 aromatic rings. The Hall–Kier alpha value is -0.120. The first-order chi connectivity index (χ1) is 12.7. The van der Waals surface area contributed by atoms with Crippen LogP contribution < -0.4 is 0 Å². The van der Waals surface area contributed by atoms with Gasteiger partial charge in [-0.2, -0.15) is 0 Å². The van der Waals surface area contributed by atoms with Crippen molar-refractivity contribution in [2.45, 2.75) is 111 Å². The largest absolute Gasteiger partial charge is 0.390 e. The Kier molecular flexibility index (Phi) is 19.5. The Labute approximate surface area is 165 Å². The van der Waals surface area contributed by atoms with Crippen LogP contribution in [0, 0.1) is 0 Å². The molecule has 0 atom stereocenters. The lowest BCUT2D eigenvalue weighted by Crippen LogP contribution is -2.41. The second-order valence-electron chi connectivity index (χ2n) is 8.08. The highest BCUT2D eigenvalue weighted by molar-refractivity contribution is 4.70. The van der Waals surface area contributed by atoms with E-state index in [0.29, 0.717) is 0 Å². The standard InChI is InChI=1S/C23H50N2O/c1-5-9-13-17-24(18-14-10-6-2)21-23(26)22-25(19-15-11-7-3)20-16-12-8-4/h23,26H,5-22H2,1-4H3. The average molecular weight is 371 g/mol. The van der Waals surface area contributed by atoms with Crippen LogP contribution in [0.5, 0.6) is 0 Å². The van der Waals surface area contributed by atoms with Crippen molar-refractivity contribution in [3.8, 4) is 0 Å². The van der Waals surface area contributed by atoms with E-state index in [2.05, 4.69) is 37.5 Å². The van der Waals surface area contributed by atoms with E-state index in [9.17, 15) is 5.11 Å². The monoisotopic (exact) mass is 370 g/mol. The van der Waals surface area contributed by atoms with Crippen molar-refractivity contribution in [3.05, 3.63) is 0 Å². The number of hydrogen-bond acceptors (Lipinski definition) is 3. The van der Waals surface area contributed by atoms with Crippen LogP contribution in [-0.4, -0.2) is 60.3 Å². The van der Waals surface area contributed by atoms with Crippen molar-refractivity contribution in [3.63, 3.8) is 0 Å². The molecule has 0 saturated carbocycles. The average Bonchev–Trinajstić information content (AvgIpc) is 2.62. The van der Waals surface area contributed by atoms with Gasteiger partial charge in [0.25, 0.3) is 0 Å². The SMILES string of the molecule is CCCCCN(CCCCC)CC(O)CN(CCCCC)CCCCC. The van der Waals surface area contributed by atoms with Crippen molar-refractivity contribution in [1.29, 1.82) is 0 Å². The summed E-state index contributed by atoms with van der Waals surface area (Å²) in [5.74, 6) is 0. The van der Waals surface area contributed by atoms with Gasteiger partial charge in [-0.3, -0.25) is 0 Å². The molecule has 0 saturated heterocycles. The first kappa shape index (κ1) is 25.9. The van der Waals surface area contributed by atoms with E-state index in [1.165, 1.54) is 77.0 Å². The van der Waals surface area contributed by atoms with Crippen LogP contribution >= 0.6 is 0 Å². The summed E-state index contributed by atoms with van der Waals surface area (Å²) in [6, 6.07) is 0. The topological polar surface area (TPSA) is 26.7 Å². The molecule has 26 heavy (non-hydrogen) atoms. The van der Waals surface area contributed by atoms with E-state index in [-0.39, 0.29) is 6.10 Å². The van der Waals surface area contributed by atoms with Gasteiger partial charge in [0.2, 0.25) is 0 Å². The second kappa shape index (κ2) is 19.6. The molecule has 0 fully saturated rings. The maximum atomic E-state index is 10.7. The van der Waals surface area contributed by atoms with Gasteiger partial charge in [0.15, 0.2) is 0 Å². The predicted molar refractivity (Wildman–Crippen MR) is 117 cm³/mol. The smallest absolute Gasteiger partial charge is 0.0793 e. The van der Waals surface area contributed by atoms with Gasteiger partial charge in [-0.15, -0.1) is 0 Å². The molecule has 0 aliphatic carbocycles. The normalized spacial score (nSPS) is 12.0. The molecular formula is C23H50N2O. The van der Waals surface area contributed by atoms with Crippen molar-refractivity contribution < 1.29 is 5.11 Å². The van der Waals surface area contributed by atoms with Crippen LogP contribution in [0.2, 0.25) is 0 Å². The van der Waals surface area contributed by atoms with Gasteiger partial charge in [-0.1, -0.05) is 79.1 Å². The lowest BCUT2D eigenvalue weighted by Gasteiger charge is -2.29. The third-order valence-electron chi connectivity index (χ3n) is 5.25. The number of nitrogens with zero attached hydrogens (tertiary/aromatic N) is 2. The summed E-state index contributed by atoms with van der Waals surface area (Å²) in [5.41, 5.74) is 0. The zero-order chi connectivity index (χ0) is 19.5. The molecule has 3 nitrogen and oxygen atoms in total. The van der Waals surface area contributed by atoms with E-state index in [1.54, 1.807) is 0 Å². The zero-order valence-electron chi connectivity index (χ0n) is 18.6. The molecule has 0 bridgehead atoms. The molecule has 3 heteroatoms. The van der Waals surface area contributed by atoms with Gasteiger partial charge >= 0.3 is 0 Å². The molecule has 0 heterocycles. The molecule has 0 spiro atoms. The summed E-state index contributed by atoms with van der Waals surface area (Å²) in [6.07, 6.45) is 15.2. The second-order valence-corrected chi connectivity index (χ2v) is 8.08. The van der Waals surface area contributed by atoms with E-state index < -0.39 is 0 Å². The Bertz CT molecular complexity index is 227. The molecule has 0 aromatic carbocycles. The summed E-state index contributed by atoms with van der Waals surface area (Å²) in [4.78, 5) is 5.04. The molecule has 0 rings (SSSR count). The quantitative estimate of drug-likeness (QED) is 0.278. The number of unbranched alkanes of at least 4 members (excludes halogenated alkanes) is 8. The summed E-state index contributed by atoms with van der Waals surface area (Å²) >= 11 is 0. The number of rotatable bonds is 20. The van der Waals surface area contributed by atoms with E-state index in [4.69, 9.17) is 0 Å². The molecule has 0 unspecified atom stereocenters. The number of hydrogen-bond donors (Lipinski definition) is 1. The Morgan fingerprint density at radius 1 is 0.500 bits per heavy atom. The third-order valence-corrected chi connectivity index (χ3v) is 5.25. The van der Waals surface area contributed by atoms with Crippen LogP contribution in [0.4, 0.5) is 0 Å². The van der Waals surface area contributed by atoms with E-state index >= 15 is 0 Å². The maximum Gasteiger partial charge on any atom is 0.0793 e. The van der Waals surface area contributed by atoms with Crippen molar-refractivity contribution in [2.24, 2.45) is 0 Å². The van der Waals surface area contributed by atoms with E-state index in [1.807, 2.05) is 0 Å². The Morgan fingerprint density at radius 2 is 0.769 bits per heavy atom. The van der Waals surface area contributed by atoms with Crippen LogP contribution in [0.25, 0.3) is 0 Å². The molecule has 0 aliphatic heterocycles. The predicted octanol–water partition coefficient (Wildman–Crippen LogP) is 5.71. The first-order valence-electron chi connectivity index (χ1n) is 11.8. The van der Waals surface area contributed by atoms with Gasteiger partial charge in [-0.25, -0.2) is 0 Å². The highest BCUT2D eigenvalue weighted by Gasteiger charge is 2.15. The fraction of sp³-hybridized carbons (Fsp3) is 1.00. The highest BCUT2D eigenvalue weighted by atomic mass is 16.3. The summed E-state index contributed by atoms with van der Waals surface area (Å²) in [7, 11) is 0. The fourth-order valence-corrected chi connectivity index (χ4v) is 3.58. The summed E-state index contributed by atoms with van der Waals surface area (Å²) in [6.45, 7) is 15.4. The molecule has 158 valence electrons. The third kappa shape index (κ3) is 16.1. The minimum atomic E-state index is -0.207. The van der Waals surface area contributed by atoms with Crippen LogP contribution in [0.15, 0.2) is 0 Å². The molecule has 0 aliphatic rings. The molecular weight excluding hydrogens is 320 g/mol. The lowest BCUT2D eigenvalue weighted by molar-refractivity contribution is 0.0709. The van der Waals surface area contributed by atoms with Gasteiger partial charge in [0.05, 0.1) is 6.10 Å². The van der Waals surface area contributed by atoms with Crippen molar-refractivity contribution in [1.82, 2.24) is 9.80 Å². The van der Waals surface area contributed by atoms with Crippen LogP contribution in [0.3, 0.4) is 0 Å². The zero-order valence-corrected chi connectivity index (χ0v) is 18.6. The van der Waals surface area contributed by atoms with Gasteiger partial charge < -0.3 is 14.9 Å². The van der Waals surface area contributed by atoms with Crippen molar-refractivity contribution in [2.75, 3.05) is 39.3 Å². The first-order valence-corrected chi connectivity index (χ1v) is 11.8. The molecule has 1 N–H and O–H groups in total. The summed E-state index contributed by atoms with van der Waals surface area (Å²) in [5, 5.41) is 10.7. The molecule has 0 radical (unpaired) electrons. The summed E-state index contributed by atoms with van der Waals surface area (Å²) < 4.78 is 0. The maximum absolute atomic E-state index is 10.7. The van der Waals surface area contributed by atoms with Crippen LogP contribution in [0.1, 0.15) is 105 Å². The van der Waals surface area contributed by atoms with Gasteiger partial charge in [-0.05, 0) is 51.9 Å². The Morgan fingerprint density at radius 3 is 1.00 bits per heavy atom. The minimum absolute atomic E-state index is 0.207. The fourth-order valence-electron chi connectivity index (χ4n) is 3.58. The molecule has 0 aromatic heterocycles. The molecule has 0 amide bonds. The highest BCUT2D eigenvalue weighted by Crippen LogP contribution is 2.07.